The van der Waals surface area contributed by atoms with Gasteiger partial charge in [0, 0.05) is 6.42 Å². The Bertz CT molecular complexity index is 552. The zero-order valence-electron chi connectivity index (χ0n) is 12.1. The maximum Gasteiger partial charge on any atom is 0.233 e. The van der Waals surface area contributed by atoms with Crippen molar-refractivity contribution < 1.29 is 14.1 Å². The topological polar surface area (TPSA) is 76.3 Å². The van der Waals surface area contributed by atoms with E-state index in [-0.39, 0.29) is 30.2 Å². The van der Waals surface area contributed by atoms with E-state index in [1.807, 2.05) is 12.2 Å². The SMILES string of the molecule is CCCCc1nc(CN2C(=O)[C@@H]3CC=CC[C@H]3C2=O)no1. The van der Waals surface area contributed by atoms with Crippen LogP contribution in [0.2, 0.25) is 0 Å². The molecule has 112 valence electrons. The van der Waals surface area contributed by atoms with Gasteiger partial charge >= 0.3 is 0 Å². The predicted octanol–water partition coefficient (Wildman–Crippen LogP) is 1.86. The molecule has 6 heteroatoms. The first-order valence-electron chi connectivity index (χ1n) is 7.52. The Morgan fingerprint density at radius 3 is 2.52 bits per heavy atom. The van der Waals surface area contributed by atoms with Crippen molar-refractivity contribution in [1.29, 1.82) is 0 Å². The number of likely N-dealkylation sites (tertiary alicyclic amines) is 1. The molecule has 2 amide bonds. The highest BCUT2D eigenvalue weighted by atomic mass is 16.5. The number of carbonyl (C=O) groups is 2. The van der Waals surface area contributed by atoms with Gasteiger partial charge in [-0.3, -0.25) is 14.5 Å². The Hall–Kier alpha value is -1.98. The second-order valence-electron chi connectivity index (χ2n) is 5.63. The number of aryl methyl sites for hydroxylation is 1. The van der Waals surface area contributed by atoms with Crippen molar-refractivity contribution in [2.24, 2.45) is 11.8 Å². The van der Waals surface area contributed by atoms with Crippen molar-refractivity contribution in [2.75, 3.05) is 0 Å². The number of carbonyl (C=O) groups excluding carboxylic acids is 2. The van der Waals surface area contributed by atoms with E-state index >= 15 is 0 Å². The summed E-state index contributed by atoms with van der Waals surface area (Å²) in [4.78, 5) is 30.2. The molecule has 2 aliphatic rings. The maximum absolute atomic E-state index is 12.3. The summed E-state index contributed by atoms with van der Waals surface area (Å²) in [5.41, 5.74) is 0. The minimum atomic E-state index is -0.200. The number of fused-ring (bicyclic) bond motifs is 1. The minimum absolute atomic E-state index is 0.103. The lowest BCUT2D eigenvalue weighted by molar-refractivity contribution is -0.140. The molecule has 1 aliphatic carbocycles. The summed E-state index contributed by atoms with van der Waals surface area (Å²) in [5.74, 6) is 0.380. The van der Waals surface area contributed by atoms with Crippen molar-refractivity contribution in [2.45, 2.75) is 45.6 Å². The van der Waals surface area contributed by atoms with Gasteiger partial charge in [-0.05, 0) is 19.3 Å². The van der Waals surface area contributed by atoms with Crippen LogP contribution in [0.15, 0.2) is 16.7 Å². The quantitative estimate of drug-likeness (QED) is 0.611. The number of imide groups is 1. The maximum atomic E-state index is 12.3. The third kappa shape index (κ3) is 2.62. The molecule has 0 spiro atoms. The van der Waals surface area contributed by atoms with Crippen LogP contribution in [-0.2, 0) is 22.6 Å². The summed E-state index contributed by atoms with van der Waals surface area (Å²) in [6, 6.07) is 0. The molecule has 0 radical (unpaired) electrons. The van der Waals surface area contributed by atoms with E-state index in [1.165, 1.54) is 4.90 Å². The van der Waals surface area contributed by atoms with Crippen LogP contribution in [0.3, 0.4) is 0 Å². The zero-order chi connectivity index (χ0) is 14.8. The average Bonchev–Trinajstić information content (AvgIpc) is 3.05. The molecular weight excluding hydrogens is 270 g/mol. The molecular formula is C15H19N3O3. The number of amides is 2. The Kier molecular flexibility index (Phi) is 3.86. The van der Waals surface area contributed by atoms with Gasteiger partial charge in [0.2, 0.25) is 17.7 Å². The molecule has 2 heterocycles. The summed E-state index contributed by atoms with van der Waals surface area (Å²) >= 11 is 0. The van der Waals surface area contributed by atoms with Gasteiger partial charge in [-0.25, -0.2) is 0 Å². The summed E-state index contributed by atoms with van der Waals surface area (Å²) in [6.45, 7) is 2.22. The standard InChI is InChI=1S/C15H19N3O3/c1-2-3-8-13-16-12(17-21-13)9-18-14(19)10-6-4-5-7-11(10)15(18)20/h4-5,10-11H,2-3,6-9H2,1H3/t10-,11-/m1/s1. The number of unbranched alkanes of at least 4 members (excludes halogenated alkanes) is 1. The van der Waals surface area contributed by atoms with E-state index in [1.54, 1.807) is 0 Å². The van der Waals surface area contributed by atoms with E-state index in [2.05, 4.69) is 17.1 Å². The smallest absolute Gasteiger partial charge is 0.233 e. The molecule has 0 unspecified atom stereocenters. The Labute approximate surface area is 123 Å². The van der Waals surface area contributed by atoms with Gasteiger partial charge in [-0.1, -0.05) is 30.7 Å². The molecule has 21 heavy (non-hydrogen) atoms. The molecule has 2 atom stereocenters. The van der Waals surface area contributed by atoms with Crippen LogP contribution < -0.4 is 0 Å². The van der Waals surface area contributed by atoms with Crippen molar-refractivity contribution in [3.8, 4) is 0 Å². The minimum Gasteiger partial charge on any atom is -0.339 e. The average molecular weight is 289 g/mol. The summed E-state index contributed by atoms with van der Waals surface area (Å²) < 4.78 is 5.14. The fourth-order valence-corrected chi connectivity index (χ4v) is 2.95. The van der Waals surface area contributed by atoms with Gasteiger partial charge in [-0.15, -0.1) is 0 Å². The molecule has 0 bridgehead atoms. The van der Waals surface area contributed by atoms with Gasteiger partial charge in [0.05, 0.1) is 18.4 Å². The van der Waals surface area contributed by atoms with Crippen molar-refractivity contribution >= 4 is 11.8 Å². The van der Waals surface area contributed by atoms with Crippen molar-refractivity contribution in [3.05, 3.63) is 23.9 Å². The molecule has 6 nitrogen and oxygen atoms in total. The number of hydrogen-bond acceptors (Lipinski definition) is 5. The highest BCUT2D eigenvalue weighted by Gasteiger charge is 2.47. The molecule has 0 aromatic carbocycles. The van der Waals surface area contributed by atoms with E-state index in [0.717, 1.165) is 19.3 Å². The number of hydrogen-bond donors (Lipinski definition) is 0. The van der Waals surface area contributed by atoms with Gasteiger partial charge < -0.3 is 4.52 Å². The fraction of sp³-hybridized carbons (Fsp3) is 0.600. The van der Waals surface area contributed by atoms with Crippen LogP contribution in [0.25, 0.3) is 0 Å². The lowest BCUT2D eigenvalue weighted by Gasteiger charge is -2.14. The summed E-state index contributed by atoms with van der Waals surface area (Å²) in [7, 11) is 0. The van der Waals surface area contributed by atoms with Crippen molar-refractivity contribution in [3.63, 3.8) is 0 Å². The third-order valence-electron chi connectivity index (χ3n) is 4.15. The molecule has 1 fully saturated rings. The number of nitrogens with zero attached hydrogens (tertiary/aromatic N) is 3. The van der Waals surface area contributed by atoms with Crippen LogP contribution in [0.1, 0.15) is 44.3 Å². The van der Waals surface area contributed by atoms with Crippen LogP contribution in [0.5, 0.6) is 0 Å². The van der Waals surface area contributed by atoms with Crippen LogP contribution in [-0.4, -0.2) is 26.9 Å². The Morgan fingerprint density at radius 2 is 1.90 bits per heavy atom. The van der Waals surface area contributed by atoms with Crippen molar-refractivity contribution in [1.82, 2.24) is 15.0 Å². The first-order chi connectivity index (χ1) is 10.2. The largest absolute Gasteiger partial charge is 0.339 e. The highest BCUT2D eigenvalue weighted by Crippen LogP contribution is 2.35. The van der Waals surface area contributed by atoms with E-state index in [4.69, 9.17) is 4.52 Å². The van der Waals surface area contributed by atoms with Gasteiger partial charge in [0.25, 0.3) is 0 Å². The molecule has 1 aromatic heterocycles. The fourth-order valence-electron chi connectivity index (χ4n) is 2.95. The highest BCUT2D eigenvalue weighted by molar-refractivity contribution is 6.05. The zero-order valence-corrected chi connectivity index (χ0v) is 12.1. The lowest BCUT2D eigenvalue weighted by atomic mass is 9.85. The predicted molar refractivity (Wildman–Crippen MR) is 73.8 cm³/mol. The lowest BCUT2D eigenvalue weighted by Crippen LogP contribution is -2.31. The molecule has 3 rings (SSSR count). The molecule has 1 saturated heterocycles. The molecule has 0 saturated carbocycles. The second-order valence-corrected chi connectivity index (χ2v) is 5.63. The normalized spacial score (nSPS) is 24.7. The summed E-state index contributed by atoms with van der Waals surface area (Å²) in [5, 5.41) is 3.87. The van der Waals surface area contributed by atoms with E-state index in [0.29, 0.717) is 24.6 Å². The van der Waals surface area contributed by atoms with Crippen LogP contribution >= 0.6 is 0 Å². The Morgan fingerprint density at radius 1 is 1.24 bits per heavy atom. The van der Waals surface area contributed by atoms with Gasteiger partial charge in [0.15, 0.2) is 5.82 Å². The van der Waals surface area contributed by atoms with E-state index < -0.39 is 0 Å². The van der Waals surface area contributed by atoms with Gasteiger partial charge in [-0.2, -0.15) is 4.98 Å². The van der Waals surface area contributed by atoms with Gasteiger partial charge in [0.1, 0.15) is 0 Å². The third-order valence-corrected chi connectivity index (χ3v) is 4.15. The van der Waals surface area contributed by atoms with Crippen LogP contribution in [0, 0.1) is 11.8 Å². The first-order valence-corrected chi connectivity index (χ1v) is 7.52. The molecule has 1 aliphatic heterocycles. The molecule has 1 aromatic rings. The number of aromatic nitrogens is 2. The summed E-state index contributed by atoms with van der Waals surface area (Å²) in [6.07, 6.45) is 8.04. The monoisotopic (exact) mass is 289 g/mol. The Balaban J connectivity index is 1.69. The number of allylic oxidation sites excluding steroid dienone is 2. The first kappa shape index (κ1) is 14.0. The molecule has 0 N–H and O–H groups in total. The number of rotatable bonds is 5. The second kappa shape index (κ2) is 5.79. The van der Waals surface area contributed by atoms with Crippen LogP contribution in [0.4, 0.5) is 0 Å². The van der Waals surface area contributed by atoms with E-state index in [9.17, 15) is 9.59 Å².